The van der Waals surface area contributed by atoms with Crippen molar-refractivity contribution in [3.63, 3.8) is 0 Å². The maximum Gasteiger partial charge on any atom is 0.262 e. The number of carbonyl (C=O) groups is 1. The van der Waals surface area contributed by atoms with E-state index in [-0.39, 0.29) is 17.3 Å². The summed E-state index contributed by atoms with van der Waals surface area (Å²) in [6, 6.07) is 6.65. The average molecular weight is 339 g/mol. The molecule has 22 heavy (non-hydrogen) atoms. The van der Waals surface area contributed by atoms with Gasteiger partial charge in [0.15, 0.2) is 0 Å². The van der Waals surface area contributed by atoms with E-state index in [0.717, 1.165) is 5.56 Å². The van der Waals surface area contributed by atoms with Crippen LogP contribution in [0, 0.1) is 6.92 Å². The molecule has 1 aromatic carbocycles. The standard InChI is InChI=1S/C14H17N3O3S2/c1-11-3-5-12(6-4-11)22(19,20)17-8-2-7-16-14(18)13-9-15-10-21-13/h3-6,9-10,17H,2,7-8H2,1H3,(H,16,18). The van der Waals surface area contributed by atoms with Crippen molar-refractivity contribution < 1.29 is 13.2 Å². The predicted molar refractivity (Wildman–Crippen MR) is 85.4 cm³/mol. The van der Waals surface area contributed by atoms with Gasteiger partial charge in [-0.25, -0.2) is 13.1 Å². The summed E-state index contributed by atoms with van der Waals surface area (Å²) in [7, 11) is -3.49. The number of rotatable bonds is 7. The van der Waals surface area contributed by atoms with E-state index >= 15 is 0 Å². The van der Waals surface area contributed by atoms with E-state index in [2.05, 4.69) is 15.0 Å². The van der Waals surface area contributed by atoms with Gasteiger partial charge < -0.3 is 5.32 Å². The molecule has 2 rings (SSSR count). The Morgan fingerprint density at radius 2 is 1.95 bits per heavy atom. The number of aromatic nitrogens is 1. The van der Waals surface area contributed by atoms with Crippen molar-refractivity contribution in [2.75, 3.05) is 13.1 Å². The van der Waals surface area contributed by atoms with Crippen LogP contribution in [-0.4, -0.2) is 32.4 Å². The molecule has 8 heteroatoms. The van der Waals surface area contributed by atoms with E-state index in [1.165, 1.54) is 17.5 Å². The monoisotopic (exact) mass is 339 g/mol. The largest absolute Gasteiger partial charge is 0.351 e. The quantitative estimate of drug-likeness (QED) is 0.749. The highest BCUT2D eigenvalue weighted by Gasteiger charge is 2.12. The third kappa shape index (κ3) is 4.62. The molecular weight excluding hydrogens is 322 g/mol. The van der Waals surface area contributed by atoms with Crippen molar-refractivity contribution >= 4 is 27.3 Å². The summed E-state index contributed by atoms with van der Waals surface area (Å²) in [6.07, 6.45) is 2.01. The van der Waals surface area contributed by atoms with Crippen LogP contribution < -0.4 is 10.0 Å². The van der Waals surface area contributed by atoms with Crippen LogP contribution >= 0.6 is 11.3 Å². The minimum atomic E-state index is -3.49. The smallest absolute Gasteiger partial charge is 0.262 e. The van der Waals surface area contributed by atoms with Crippen LogP contribution in [0.25, 0.3) is 0 Å². The van der Waals surface area contributed by atoms with Crippen LogP contribution in [0.3, 0.4) is 0 Å². The van der Waals surface area contributed by atoms with Gasteiger partial charge in [0.05, 0.1) is 16.6 Å². The normalized spacial score (nSPS) is 11.3. The Labute approximate surface area is 133 Å². The van der Waals surface area contributed by atoms with Gasteiger partial charge in [-0.1, -0.05) is 17.7 Å². The summed E-state index contributed by atoms with van der Waals surface area (Å²) in [4.78, 5) is 16.2. The Morgan fingerprint density at radius 1 is 1.23 bits per heavy atom. The molecule has 1 amide bonds. The molecule has 6 nitrogen and oxygen atoms in total. The molecule has 0 spiro atoms. The highest BCUT2D eigenvalue weighted by Crippen LogP contribution is 2.09. The number of nitrogens with one attached hydrogen (secondary N) is 2. The molecule has 0 fully saturated rings. The van der Waals surface area contributed by atoms with Gasteiger partial charge >= 0.3 is 0 Å². The zero-order valence-electron chi connectivity index (χ0n) is 12.1. The number of carbonyl (C=O) groups excluding carboxylic acids is 1. The van der Waals surface area contributed by atoms with Gasteiger partial charge in [0.2, 0.25) is 10.0 Å². The lowest BCUT2D eigenvalue weighted by atomic mass is 10.2. The Kier molecular flexibility index (Phi) is 5.64. The molecule has 2 N–H and O–H groups in total. The highest BCUT2D eigenvalue weighted by atomic mass is 32.2. The van der Waals surface area contributed by atoms with Gasteiger partial charge in [0, 0.05) is 13.1 Å². The first-order chi connectivity index (χ1) is 10.5. The minimum absolute atomic E-state index is 0.191. The second-order valence-electron chi connectivity index (χ2n) is 4.69. The summed E-state index contributed by atoms with van der Waals surface area (Å²) < 4.78 is 26.6. The minimum Gasteiger partial charge on any atom is -0.351 e. The maximum absolute atomic E-state index is 12.0. The molecule has 0 aliphatic carbocycles. The Bertz CT molecular complexity index is 710. The molecular formula is C14H17N3O3S2. The molecule has 2 aromatic rings. The van der Waals surface area contributed by atoms with Gasteiger partial charge in [0.25, 0.3) is 5.91 Å². The van der Waals surface area contributed by atoms with E-state index in [0.29, 0.717) is 17.8 Å². The lowest BCUT2D eigenvalue weighted by Crippen LogP contribution is -2.29. The molecule has 0 atom stereocenters. The Balaban J connectivity index is 1.74. The zero-order chi connectivity index (χ0) is 16.0. The van der Waals surface area contributed by atoms with Crippen molar-refractivity contribution in [3.05, 3.63) is 46.4 Å². The van der Waals surface area contributed by atoms with Crippen LogP contribution in [0.4, 0.5) is 0 Å². The molecule has 1 heterocycles. The van der Waals surface area contributed by atoms with E-state index < -0.39 is 10.0 Å². The first-order valence-corrected chi connectivity index (χ1v) is 9.08. The van der Waals surface area contributed by atoms with Gasteiger partial charge in [-0.15, -0.1) is 11.3 Å². The van der Waals surface area contributed by atoms with Crippen LogP contribution in [0.5, 0.6) is 0 Å². The summed E-state index contributed by atoms with van der Waals surface area (Å²) in [5.41, 5.74) is 2.59. The number of hydrogen-bond donors (Lipinski definition) is 2. The zero-order valence-corrected chi connectivity index (χ0v) is 13.7. The van der Waals surface area contributed by atoms with Gasteiger partial charge in [0.1, 0.15) is 4.88 Å². The number of hydrogen-bond acceptors (Lipinski definition) is 5. The molecule has 0 aliphatic rings. The number of sulfonamides is 1. The molecule has 1 aromatic heterocycles. The van der Waals surface area contributed by atoms with E-state index in [1.807, 2.05) is 6.92 Å². The van der Waals surface area contributed by atoms with Crippen LogP contribution in [0.15, 0.2) is 40.9 Å². The van der Waals surface area contributed by atoms with E-state index in [1.54, 1.807) is 29.8 Å². The van der Waals surface area contributed by atoms with Crippen LogP contribution in [0.1, 0.15) is 21.7 Å². The summed E-state index contributed by atoms with van der Waals surface area (Å²) in [6.45, 7) is 2.56. The summed E-state index contributed by atoms with van der Waals surface area (Å²) in [5.74, 6) is -0.191. The lowest BCUT2D eigenvalue weighted by Gasteiger charge is -2.07. The molecule has 0 saturated carbocycles. The SMILES string of the molecule is Cc1ccc(S(=O)(=O)NCCCNC(=O)c2cncs2)cc1. The van der Waals surface area contributed by atoms with E-state index in [9.17, 15) is 13.2 Å². The van der Waals surface area contributed by atoms with Crippen molar-refractivity contribution in [2.24, 2.45) is 0 Å². The van der Waals surface area contributed by atoms with Crippen molar-refractivity contribution in [2.45, 2.75) is 18.2 Å². The molecule has 0 saturated heterocycles. The fourth-order valence-electron chi connectivity index (χ4n) is 1.71. The Morgan fingerprint density at radius 3 is 2.59 bits per heavy atom. The van der Waals surface area contributed by atoms with Gasteiger partial charge in [-0.2, -0.15) is 0 Å². The number of nitrogens with zero attached hydrogens (tertiary/aromatic N) is 1. The number of aryl methyl sites for hydroxylation is 1. The fraction of sp³-hybridized carbons (Fsp3) is 0.286. The van der Waals surface area contributed by atoms with E-state index in [4.69, 9.17) is 0 Å². The summed E-state index contributed by atoms with van der Waals surface area (Å²) >= 11 is 1.26. The maximum atomic E-state index is 12.0. The van der Waals surface area contributed by atoms with Crippen molar-refractivity contribution in [3.8, 4) is 0 Å². The summed E-state index contributed by atoms with van der Waals surface area (Å²) in [5, 5.41) is 2.72. The first kappa shape index (κ1) is 16.6. The van der Waals surface area contributed by atoms with Crippen molar-refractivity contribution in [1.82, 2.24) is 15.0 Å². The second-order valence-corrected chi connectivity index (χ2v) is 7.34. The number of thiazole rings is 1. The van der Waals surface area contributed by atoms with Crippen LogP contribution in [0.2, 0.25) is 0 Å². The second kappa shape index (κ2) is 7.48. The van der Waals surface area contributed by atoms with Crippen LogP contribution in [-0.2, 0) is 10.0 Å². The van der Waals surface area contributed by atoms with Gasteiger partial charge in [-0.3, -0.25) is 9.78 Å². The molecule has 0 aliphatic heterocycles. The first-order valence-electron chi connectivity index (χ1n) is 6.72. The number of benzene rings is 1. The topological polar surface area (TPSA) is 88.2 Å². The van der Waals surface area contributed by atoms with Gasteiger partial charge in [-0.05, 0) is 25.5 Å². The molecule has 0 radical (unpaired) electrons. The predicted octanol–water partition coefficient (Wildman–Crippen LogP) is 1.55. The fourth-order valence-corrected chi connectivity index (χ4v) is 3.32. The lowest BCUT2D eigenvalue weighted by molar-refractivity contribution is 0.0957. The third-order valence-electron chi connectivity index (χ3n) is 2.92. The third-order valence-corrected chi connectivity index (χ3v) is 5.17. The van der Waals surface area contributed by atoms with Crippen molar-refractivity contribution in [1.29, 1.82) is 0 Å². The Hall–Kier alpha value is -1.77. The number of amides is 1. The highest BCUT2D eigenvalue weighted by molar-refractivity contribution is 7.89. The molecule has 118 valence electrons. The molecule has 0 unspecified atom stereocenters. The average Bonchev–Trinajstić information content (AvgIpc) is 3.01. The molecule has 0 bridgehead atoms.